The van der Waals surface area contributed by atoms with Gasteiger partial charge >= 0.3 is 0 Å². The second-order valence-corrected chi connectivity index (χ2v) is 10.3. The van der Waals surface area contributed by atoms with E-state index in [9.17, 15) is 0 Å². The Kier molecular flexibility index (Phi) is 6.94. The van der Waals surface area contributed by atoms with Crippen molar-refractivity contribution in [2.45, 2.75) is 0 Å². The van der Waals surface area contributed by atoms with Crippen molar-refractivity contribution < 1.29 is 0 Å². The van der Waals surface area contributed by atoms with E-state index in [2.05, 4.69) is 192 Å². The Labute approximate surface area is 247 Å². The zero-order valence-corrected chi connectivity index (χ0v) is 23.2. The maximum Gasteiger partial charge on any atom is 0.0468 e. The third-order valence-electron chi connectivity index (χ3n) is 7.62. The maximum atomic E-state index is 2.32. The van der Waals surface area contributed by atoms with E-state index in [1.807, 2.05) is 0 Å². The van der Waals surface area contributed by atoms with E-state index < -0.39 is 0 Å². The van der Waals surface area contributed by atoms with E-state index in [-0.39, 0.29) is 0 Å². The van der Waals surface area contributed by atoms with Crippen LogP contribution in [0.3, 0.4) is 0 Å². The smallest absolute Gasteiger partial charge is 0.0468 e. The van der Waals surface area contributed by atoms with Gasteiger partial charge in [0.2, 0.25) is 0 Å². The maximum absolute atomic E-state index is 2.32. The minimum absolute atomic E-state index is 1.12. The fourth-order valence-electron chi connectivity index (χ4n) is 5.55. The molecule has 0 N–H and O–H groups in total. The van der Waals surface area contributed by atoms with Gasteiger partial charge in [-0.15, -0.1) is 0 Å². The van der Waals surface area contributed by atoms with Gasteiger partial charge in [-0.1, -0.05) is 109 Å². The van der Waals surface area contributed by atoms with E-state index in [0.29, 0.717) is 0 Å². The third-order valence-corrected chi connectivity index (χ3v) is 7.62. The second kappa shape index (κ2) is 11.5. The Morgan fingerprint density at radius 1 is 0.238 bits per heavy atom. The van der Waals surface area contributed by atoms with Crippen LogP contribution in [0.1, 0.15) is 0 Å². The molecule has 0 aliphatic rings. The Bertz CT molecular complexity index is 1860. The number of fused-ring (bicyclic) bond motifs is 1. The van der Waals surface area contributed by atoms with Crippen LogP contribution in [0.2, 0.25) is 0 Å². The monoisotopic (exact) mass is 538 g/mol. The summed E-state index contributed by atoms with van der Waals surface area (Å²) < 4.78 is 0. The summed E-state index contributed by atoms with van der Waals surface area (Å²) in [6.07, 6.45) is 0. The topological polar surface area (TPSA) is 6.48 Å². The Morgan fingerprint density at radius 3 is 1.02 bits per heavy atom. The number of hydrogen-bond acceptors (Lipinski definition) is 2. The van der Waals surface area contributed by atoms with Crippen LogP contribution in [0.5, 0.6) is 0 Å². The van der Waals surface area contributed by atoms with Crippen LogP contribution in [0.25, 0.3) is 21.9 Å². The van der Waals surface area contributed by atoms with E-state index in [1.165, 1.54) is 21.9 Å². The number of hydrogen-bond donors (Lipinski definition) is 0. The van der Waals surface area contributed by atoms with Crippen molar-refractivity contribution in [2.75, 3.05) is 9.80 Å². The summed E-state index contributed by atoms with van der Waals surface area (Å²) in [5.74, 6) is 0. The van der Waals surface area contributed by atoms with Gasteiger partial charge in [-0.25, -0.2) is 0 Å². The molecule has 0 bridgehead atoms. The normalized spacial score (nSPS) is 10.9. The molecule has 0 heterocycles. The first-order chi connectivity index (χ1) is 20.8. The number of nitrogens with zero attached hydrogens (tertiary/aromatic N) is 2. The molecule has 2 nitrogen and oxygen atoms in total. The van der Waals surface area contributed by atoms with E-state index in [0.717, 1.165) is 34.1 Å². The minimum Gasteiger partial charge on any atom is -0.311 e. The van der Waals surface area contributed by atoms with Crippen molar-refractivity contribution in [2.24, 2.45) is 0 Å². The van der Waals surface area contributed by atoms with Crippen molar-refractivity contribution in [1.82, 2.24) is 0 Å². The van der Waals surface area contributed by atoms with Crippen LogP contribution in [0.15, 0.2) is 182 Å². The second-order valence-electron chi connectivity index (χ2n) is 10.3. The molecule has 42 heavy (non-hydrogen) atoms. The summed E-state index contributed by atoms with van der Waals surface area (Å²) in [4.78, 5) is 4.60. The Balaban J connectivity index is 1.21. The lowest BCUT2D eigenvalue weighted by molar-refractivity contribution is 1.28. The quantitative estimate of drug-likeness (QED) is 0.199. The molecule has 7 aromatic rings. The fourth-order valence-corrected chi connectivity index (χ4v) is 5.55. The highest BCUT2D eigenvalue weighted by Crippen LogP contribution is 2.38. The van der Waals surface area contributed by atoms with Gasteiger partial charge in [0.15, 0.2) is 0 Å². The van der Waals surface area contributed by atoms with Crippen molar-refractivity contribution in [3.8, 4) is 11.1 Å². The first-order valence-electron chi connectivity index (χ1n) is 14.3. The summed E-state index contributed by atoms with van der Waals surface area (Å²) in [7, 11) is 0. The van der Waals surface area contributed by atoms with Crippen LogP contribution in [-0.4, -0.2) is 0 Å². The van der Waals surface area contributed by atoms with E-state index >= 15 is 0 Å². The van der Waals surface area contributed by atoms with Gasteiger partial charge in [-0.3, -0.25) is 0 Å². The van der Waals surface area contributed by atoms with Gasteiger partial charge in [-0.05, 0) is 94.7 Å². The molecule has 0 radical (unpaired) electrons. The van der Waals surface area contributed by atoms with Crippen molar-refractivity contribution in [3.05, 3.63) is 182 Å². The van der Waals surface area contributed by atoms with Crippen LogP contribution in [0, 0.1) is 0 Å². The zero-order chi connectivity index (χ0) is 28.1. The van der Waals surface area contributed by atoms with Gasteiger partial charge in [0.05, 0.1) is 0 Å². The molecule has 0 atom stereocenters. The standard InChI is InChI=1S/C40H30N2/c1-4-14-35(15-5-1)41(36-16-6-2-7-17-36)38-25-20-32(21-26-38)33-22-27-39(28-23-33)42(37-18-8-3-9-19-37)40-29-24-31-12-10-11-13-34(31)30-40/h1-30H. The molecule has 0 saturated heterocycles. The summed E-state index contributed by atoms with van der Waals surface area (Å²) >= 11 is 0. The van der Waals surface area contributed by atoms with Gasteiger partial charge in [0.1, 0.15) is 0 Å². The number of rotatable bonds is 7. The van der Waals surface area contributed by atoms with Crippen molar-refractivity contribution >= 4 is 44.9 Å². The van der Waals surface area contributed by atoms with Gasteiger partial charge < -0.3 is 9.80 Å². The summed E-state index contributed by atoms with van der Waals surface area (Å²) in [5, 5.41) is 2.47. The molecule has 2 heteroatoms. The number of para-hydroxylation sites is 3. The van der Waals surface area contributed by atoms with Gasteiger partial charge in [0, 0.05) is 34.1 Å². The highest BCUT2D eigenvalue weighted by Gasteiger charge is 2.14. The van der Waals surface area contributed by atoms with Gasteiger partial charge in [0.25, 0.3) is 0 Å². The first-order valence-corrected chi connectivity index (χ1v) is 14.3. The largest absolute Gasteiger partial charge is 0.311 e. The average Bonchev–Trinajstić information content (AvgIpc) is 3.07. The lowest BCUT2D eigenvalue weighted by Crippen LogP contribution is -2.09. The summed E-state index contributed by atoms with van der Waals surface area (Å²) in [6, 6.07) is 64.4. The highest BCUT2D eigenvalue weighted by atomic mass is 15.1. The molecular formula is C40H30N2. The van der Waals surface area contributed by atoms with Crippen LogP contribution < -0.4 is 9.80 Å². The molecule has 200 valence electrons. The molecular weight excluding hydrogens is 508 g/mol. The van der Waals surface area contributed by atoms with E-state index in [4.69, 9.17) is 0 Å². The molecule has 0 saturated carbocycles. The molecule has 7 rings (SSSR count). The Morgan fingerprint density at radius 2 is 0.571 bits per heavy atom. The van der Waals surface area contributed by atoms with Crippen LogP contribution in [-0.2, 0) is 0 Å². The van der Waals surface area contributed by atoms with Crippen molar-refractivity contribution in [1.29, 1.82) is 0 Å². The third kappa shape index (κ3) is 5.14. The molecule has 7 aromatic carbocycles. The molecule has 0 aromatic heterocycles. The zero-order valence-electron chi connectivity index (χ0n) is 23.2. The minimum atomic E-state index is 1.12. The lowest BCUT2D eigenvalue weighted by atomic mass is 10.0. The molecule has 0 unspecified atom stereocenters. The predicted octanol–water partition coefficient (Wildman–Crippen LogP) is 11.4. The first kappa shape index (κ1) is 25.4. The molecule has 0 spiro atoms. The summed E-state index contributed by atoms with van der Waals surface area (Å²) in [5.41, 5.74) is 9.15. The highest BCUT2D eigenvalue weighted by molar-refractivity contribution is 5.89. The van der Waals surface area contributed by atoms with Crippen molar-refractivity contribution in [3.63, 3.8) is 0 Å². The average molecular weight is 539 g/mol. The predicted molar refractivity (Wildman–Crippen MR) is 179 cm³/mol. The summed E-state index contributed by atoms with van der Waals surface area (Å²) in [6.45, 7) is 0. The Hall–Kier alpha value is -5.60. The van der Waals surface area contributed by atoms with Crippen LogP contribution >= 0.6 is 0 Å². The molecule has 0 aliphatic heterocycles. The van der Waals surface area contributed by atoms with E-state index in [1.54, 1.807) is 0 Å². The van der Waals surface area contributed by atoms with Crippen LogP contribution in [0.4, 0.5) is 34.1 Å². The molecule has 0 aliphatic carbocycles. The molecule has 0 fully saturated rings. The fraction of sp³-hybridized carbons (Fsp3) is 0. The molecule has 0 amide bonds. The lowest BCUT2D eigenvalue weighted by Gasteiger charge is -2.26. The number of benzene rings is 7. The number of anilines is 6. The SMILES string of the molecule is c1ccc(N(c2ccccc2)c2ccc(-c3ccc(N(c4ccccc4)c4ccc5ccccc5c4)cc3)cc2)cc1. The van der Waals surface area contributed by atoms with Gasteiger partial charge in [-0.2, -0.15) is 0 Å².